The van der Waals surface area contributed by atoms with E-state index in [1.165, 1.54) is 109 Å². The summed E-state index contributed by atoms with van der Waals surface area (Å²) >= 11 is 0. The van der Waals surface area contributed by atoms with Crippen LogP contribution in [0.2, 0.25) is 0 Å². The molecular weight excluding hydrogens is 1210 g/mol. The molecule has 0 aliphatic carbocycles. The maximum Gasteiger partial charge on any atom is 0.220 e. The zero-order valence-corrected chi connectivity index (χ0v) is 59.5. The minimum atomic E-state index is -1.80. The molecule has 14 nitrogen and oxygen atoms in total. The first-order valence-corrected chi connectivity index (χ1v) is 37.7. The molecule has 0 aromatic carbocycles. The van der Waals surface area contributed by atoms with Crippen molar-refractivity contribution in [1.82, 2.24) is 5.32 Å². The Morgan fingerprint density at radius 3 is 1.15 bits per heavy atom. The second kappa shape index (κ2) is 64.0. The summed E-state index contributed by atoms with van der Waals surface area (Å²) in [7, 11) is 0. The van der Waals surface area contributed by atoms with Gasteiger partial charge in [0.15, 0.2) is 12.6 Å². The Hall–Kier alpha value is -4.39. The molecule has 2 aliphatic heterocycles. The lowest BCUT2D eigenvalue weighted by molar-refractivity contribution is -0.359. The standard InChI is InChI=1S/C82H135NO13/c1-3-5-7-9-11-13-15-17-19-21-23-25-27-28-29-30-31-32-33-34-35-36-37-38-39-40-41-42-44-46-48-50-52-54-56-58-60-62-64-66-74(87)83-70(69-93-81-79(92)77(90)80(73(68-85)95-81)96-82-78(91)76(89)75(88)72(67-84)94-82)71(86)65-63-61-59-57-55-53-51-49-47-45-43-26-24-22-20-18-16-14-12-10-8-6-4-2/h5,7,11,13,17,19,23,25,28-29,31-32,34-35,37-38,40-41,44,46,50,52,55,57,63,65,70-73,75-82,84-86,88-92H,3-4,6,8-10,12,14-16,18,20-22,24,26-27,30,33,36,39,42-43,45,47-49,51,53-54,56,58-62,64,66-69H2,1-2H3,(H,83,87)/b7-5-,13-11-,19-17-,25-23-,29-28-,32-31-,35-34-,38-37-,41-40-,46-44-,52-50-,57-55+,65-63+. The third-order valence-electron chi connectivity index (χ3n) is 17.2. The zero-order chi connectivity index (χ0) is 69.4. The normalized spacial score (nSPS) is 23.2. The molecule has 0 radical (unpaired) electrons. The van der Waals surface area contributed by atoms with Crippen LogP contribution in [-0.4, -0.2) is 140 Å². The van der Waals surface area contributed by atoms with Crippen LogP contribution in [0.3, 0.4) is 0 Å². The number of amides is 1. The van der Waals surface area contributed by atoms with E-state index in [9.17, 15) is 45.6 Å². The fraction of sp³-hybridized carbons (Fsp3) is 0.671. The van der Waals surface area contributed by atoms with Gasteiger partial charge in [0.05, 0.1) is 32.0 Å². The Morgan fingerprint density at radius 2 is 0.729 bits per heavy atom. The number of carbonyl (C=O) groups excluding carboxylic acids is 1. The monoisotopic (exact) mass is 1340 g/mol. The summed E-state index contributed by atoms with van der Waals surface area (Å²) in [5.74, 6) is -0.273. The van der Waals surface area contributed by atoms with E-state index >= 15 is 0 Å². The van der Waals surface area contributed by atoms with Crippen LogP contribution in [-0.2, 0) is 23.7 Å². The highest BCUT2D eigenvalue weighted by Crippen LogP contribution is 2.30. The van der Waals surface area contributed by atoms with Crippen LogP contribution in [0.15, 0.2) is 158 Å². The summed E-state index contributed by atoms with van der Waals surface area (Å²) in [5.41, 5.74) is 0. The fourth-order valence-electron chi connectivity index (χ4n) is 11.3. The quantitative estimate of drug-likeness (QED) is 0.0204. The van der Waals surface area contributed by atoms with Crippen LogP contribution < -0.4 is 5.32 Å². The van der Waals surface area contributed by atoms with E-state index in [1.54, 1.807) is 6.08 Å². The molecule has 0 spiro atoms. The Kier molecular flexibility index (Phi) is 58.5. The van der Waals surface area contributed by atoms with Crippen LogP contribution in [0.25, 0.3) is 0 Å². The van der Waals surface area contributed by atoms with Gasteiger partial charge in [-0.1, -0.05) is 294 Å². The lowest BCUT2D eigenvalue weighted by Crippen LogP contribution is -2.65. The first kappa shape index (κ1) is 87.7. The van der Waals surface area contributed by atoms with E-state index in [0.29, 0.717) is 12.8 Å². The molecule has 2 aliphatic rings. The van der Waals surface area contributed by atoms with Gasteiger partial charge in [0.2, 0.25) is 5.91 Å². The van der Waals surface area contributed by atoms with Gasteiger partial charge in [-0.25, -0.2) is 0 Å². The van der Waals surface area contributed by atoms with Crippen molar-refractivity contribution in [2.45, 2.75) is 331 Å². The van der Waals surface area contributed by atoms with Gasteiger partial charge >= 0.3 is 0 Å². The molecule has 0 saturated carbocycles. The van der Waals surface area contributed by atoms with Crippen molar-refractivity contribution < 1.29 is 64.6 Å². The minimum absolute atomic E-state index is 0.241. The van der Waals surface area contributed by atoms with Crippen molar-refractivity contribution in [3.8, 4) is 0 Å². The molecule has 0 bridgehead atoms. The van der Waals surface area contributed by atoms with Gasteiger partial charge in [0.1, 0.15) is 48.8 Å². The molecule has 2 heterocycles. The highest BCUT2D eigenvalue weighted by Gasteiger charge is 2.51. The molecular formula is C82H135NO13. The molecule has 1 amide bonds. The highest BCUT2D eigenvalue weighted by atomic mass is 16.7. The van der Waals surface area contributed by atoms with Crippen LogP contribution in [0, 0.1) is 0 Å². The zero-order valence-electron chi connectivity index (χ0n) is 59.5. The summed E-state index contributed by atoms with van der Waals surface area (Å²) in [6.07, 6.45) is 81.6. The van der Waals surface area contributed by atoms with Crippen molar-refractivity contribution in [2.24, 2.45) is 0 Å². The van der Waals surface area contributed by atoms with E-state index in [1.807, 2.05) is 6.08 Å². The second-order valence-electron chi connectivity index (χ2n) is 25.7. The largest absolute Gasteiger partial charge is 0.394 e. The van der Waals surface area contributed by atoms with Gasteiger partial charge in [0.25, 0.3) is 0 Å². The molecule has 2 saturated heterocycles. The van der Waals surface area contributed by atoms with Crippen LogP contribution in [0.5, 0.6) is 0 Å². The van der Waals surface area contributed by atoms with Crippen LogP contribution >= 0.6 is 0 Å². The molecule has 12 atom stereocenters. The predicted octanol–water partition coefficient (Wildman–Crippen LogP) is 16.6. The number of allylic oxidation sites excluding steroid dienone is 25. The molecule has 2 rings (SSSR count). The molecule has 12 unspecified atom stereocenters. The highest BCUT2D eigenvalue weighted by molar-refractivity contribution is 5.76. The number of rotatable bonds is 60. The maximum atomic E-state index is 13.3. The minimum Gasteiger partial charge on any atom is -0.394 e. The number of aliphatic hydroxyl groups is 8. The first-order chi connectivity index (χ1) is 47.1. The number of unbranched alkanes of at least 4 members (excludes halogenated alkanes) is 23. The van der Waals surface area contributed by atoms with Gasteiger partial charge in [-0.15, -0.1) is 0 Å². The molecule has 96 heavy (non-hydrogen) atoms. The smallest absolute Gasteiger partial charge is 0.220 e. The Bertz CT molecular complexity index is 2220. The van der Waals surface area contributed by atoms with Gasteiger partial charge < -0.3 is 65.1 Å². The van der Waals surface area contributed by atoms with E-state index in [2.05, 4.69) is 165 Å². The lowest BCUT2D eigenvalue weighted by Gasteiger charge is -2.46. The SMILES string of the molecule is CC/C=C\C/C=C\C/C=C\C/C=C\C/C=C\C/C=C\C/C=C\C/C=C\C/C=C\C/C=C\C/C=C\CCCCCCCC(=O)NC(COC1OC(CO)C(OC2OC(CO)C(O)C(O)C2O)C(O)C1O)C(O)/C=C/CC/C=C/CCCCCCCCCCCCCCCCCCC. The van der Waals surface area contributed by atoms with Gasteiger partial charge in [-0.3, -0.25) is 4.79 Å². The third kappa shape index (κ3) is 46.8. The topological polar surface area (TPSA) is 228 Å². The summed E-state index contributed by atoms with van der Waals surface area (Å²) in [6.45, 7) is 2.66. The molecule has 14 heteroatoms. The van der Waals surface area contributed by atoms with Gasteiger partial charge in [-0.05, 0) is 116 Å². The van der Waals surface area contributed by atoms with Gasteiger partial charge in [0, 0.05) is 6.42 Å². The van der Waals surface area contributed by atoms with Crippen molar-refractivity contribution in [3.63, 3.8) is 0 Å². The molecule has 0 aromatic rings. The van der Waals surface area contributed by atoms with Crippen molar-refractivity contribution in [2.75, 3.05) is 19.8 Å². The number of hydrogen-bond acceptors (Lipinski definition) is 13. The summed E-state index contributed by atoms with van der Waals surface area (Å²) in [4.78, 5) is 13.3. The van der Waals surface area contributed by atoms with Crippen molar-refractivity contribution >= 4 is 5.91 Å². The first-order valence-electron chi connectivity index (χ1n) is 37.7. The predicted molar refractivity (Wildman–Crippen MR) is 396 cm³/mol. The van der Waals surface area contributed by atoms with E-state index in [4.69, 9.17) is 18.9 Å². The van der Waals surface area contributed by atoms with E-state index in [-0.39, 0.29) is 18.9 Å². The summed E-state index contributed by atoms with van der Waals surface area (Å²) in [6, 6.07) is -0.956. The summed E-state index contributed by atoms with van der Waals surface area (Å²) in [5, 5.41) is 87.5. The van der Waals surface area contributed by atoms with Crippen molar-refractivity contribution in [3.05, 3.63) is 158 Å². The number of carbonyl (C=O) groups is 1. The molecule has 9 N–H and O–H groups in total. The average molecular weight is 1340 g/mol. The molecule has 546 valence electrons. The Morgan fingerprint density at radius 1 is 0.385 bits per heavy atom. The third-order valence-corrected chi connectivity index (χ3v) is 17.2. The number of ether oxygens (including phenoxy) is 4. The second-order valence-corrected chi connectivity index (χ2v) is 25.7. The van der Waals surface area contributed by atoms with E-state index < -0.39 is 86.8 Å². The summed E-state index contributed by atoms with van der Waals surface area (Å²) < 4.78 is 22.8. The Balaban J connectivity index is 1.68. The number of hydrogen-bond donors (Lipinski definition) is 9. The molecule has 2 fully saturated rings. The fourth-order valence-corrected chi connectivity index (χ4v) is 11.3. The maximum absolute atomic E-state index is 13.3. The average Bonchev–Trinajstić information content (AvgIpc) is 0.806. The van der Waals surface area contributed by atoms with Crippen LogP contribution in [0.4, 0.5) is 0 Å². The number of aliphatic hydroxyl groups excluding tert-OH is 8. The Labute approximate surface area is 582 Å². The van der Waals surface area contributed by atoms with E-state index in [0.717, 1.165) is 116 Å². The van der Waals surface area contributed by atoms with Crippen LogP contribution in [0.1, 0.15) is 258 Å². The van der Waals surface area contributed by atoms with Gasteiger partial charge in [-0.2, -0.15) is 0 Å². The van der Waals surface area contributed by atoms with Crippen molar-refractivity contribution in [1.29, 1.82) is 0 Å². The number of nitrogens with one attached hydrogen (secondary N) is 1. The lowest BCUT2D eigenvalue weighted by atomic mass is 9.97. The molecule has 0 aromatic heterocycles.